The van der Waals surface area contributed by atoms with Crippen molar-refractivity contribution in [2.24, 2.45) is 5.73 Å². The number of rotatable bonds is 8. The fraction of sp³-hybridized carbons (Fsp3) is 0.818. The minimum atomic E-state index is -0.00162. The zero-order valence-corrected chi connectivity index (χ0v) is 11.2. The van der Waals surface area contributed by atoms with E-state index in [0.717, 1.165) is 12.8 Å². The summed E-state index contributed by atoms with van der Waals surface area (Å²) in [5.74, 6) is -0.00162. The number of nitrogens with two attached hydrogens (primary N) is 1. The Hall–Kier alpha value is -0.680. The molecule has 0 saturated carbocycles. The van der Waals surface area contributed by atoms with Crippen LogP contribution in [0.25, 0.3) is 0 Å². The van der Waals surface area contributed by atoms with Crippen molar-refractivity contribution in [3.05, 3.63) is 0 Å². The fourth-order valence-corrected chi connectivity index (χ4v) is 1.80. The van der Waals surface area contributed by atoms with E-state index in [0.29, 0.717) is 13.2 Å². The molecule has 0 bridgehead atoms. The predicted molar refractivity (Wildman–Crippen MR) is 69.4 cm³/mol. The minimum Gasteiger partial charge on any atom is -0.393 e. The molecular weight excluding hydrogens is 224 g/mol. The number of carbonyl (C=O) groups excluding carboxylic acids is 1. The maximum Gasteiger partial charge on any atom is 0.229 e. The summed E-state index contributed by atoms with van der Waals surface area (Å²) in [6, 6.07) is 0.247. The van der Waals surface area contributed by atoms with E-state index < -0.39 is 0 Å². The second kappa shape index (κ2) is 8.47. The number of amides is 1. The summed E-state index contributed by atoms with van der Waals surface area (Å²) >= 11 is 4.76. The third-order valence-electron chi connectivity index (χ3n) is 2.57. The van der Waals surface area contributed by atoms with Crippen molar-refractivity contribution >= 4 is 23.1 Å². The third-order valence-corrected chi connectivity index (χ3v) is 2.71. The van der Waals surface area contributed by atoms with Crippen LogP contribution in [0.2, 0.25) is 0 Å². The van der Waals surface area contributed by atoms with E-state index >= 15 is 0 Å². The van der Waals surface area contributed by atoms with Gasteiger partial charge in [0.15, 0.2) is 0 Å². The maximum atomic E-state index is 11.9. The van der Waals surface area contributed by atoms with Gasteiger partial charge in [-0.2, -0.15) is 0 Å². The summed E-state index contributed by atoms with van der Waals surface area (Å²) in [5, 5.41) is 0. The van der Waals surface area contributed by atoms with Gasteiger partial charge in [-0.05, 0) is 12.8 Å². The lowest BCUT2D eigenvalue weighted by atomic mass is 10.1. The second-order valence-corrected chi connectivity index (χ2v) is 4.22. The smallest absolute Gasteiger partial charge is 0.229 e. The van der Waals surface area contributed by atoms with E-state index in [9.17, 15) is 4.79 Å². The highest BCUT2D eigenvalue weighted by atomic mass is 32.1. The Kier molecular flexibility index (Phi) is 8.11. The Bertz CT molecular complexity index is 230. The Morgan fingerprint density at radius 2 is 2.00 bits per heavy atom. The molecule has 1 amide bonds. The molecule has 0 aromatic heterocycles. The highest BCUT2D eigenvalue weighted by molar-refractivity contribution is 7.80. The van der Waals surface area contributed by atoms with Crippen molar-refractivity contribution in [3.63, 3.8) is 0 Å². The van der Waals surface area contributed by atoms with E-state index in [1.807, 2.05) is 4.90 Å². The molecule has 0 heterocycles. The quantitative estimate of drug-likeness (QED) is 0.656. The van der Waals surface area contributed by atoms with E-state index in [4.69, 9.17) is 22.7 Å². The molecule has 5 heteroatoms. The van der Waals surface area contributed by atoms with E-state index in [1.165, 1.54) is 0 Å². The average Bonchev–Trinajstić information content (AvgIpc) is 2.23. The first-order valence-electron chi connectivity index (χ1n) is 5.63. The molecular formula is C11H22N2O2S. The van der Waals surface area contributed by atoms with Crippen molar-refractivity contribution in [1.82, 2.24) is 4.90 Å². The Labute approximate surface area is 103 Å². The highest BCUT2D eigenvalue weighted by Gasteiger charge is 2.20. The van der Waals surface area contributed by atoms with Crippen molar-refractivity contribution in [3.8, 4) is 0 Å². The molecule has 0 unspecified atom stereocenters. The van der Waals surface area contributed by atoms with Gasteiger partial charge in [-0.15, -0.1) is 0 Å². The van der Waals surface area contributed by atoms with Gasteiger partial charge in [-0.3, -0.25) is 4.79 Å². The van der Waals surface area contributed by atoms with Crippen molar-refractivity contribution in [1.29, 1.82) is 0 Å². The largest absolute Gasteiger partial charge is 0.393 e. The fourth-order valence-electron chi connectivity index (χ4n) is 1.68. The molecule has 0 aliphatic rings. The van der Waals surface area contributed by atoms with Crippen molar-refractivity contribution < 1.29 is 9.53 Å². The summed E-state index contributed by atoms with van der Waals surface area (Å²) in [5.41, 5.74) is 5.40. The standard InChI is InChI=1S/C11H22N2O2S/c1-4-9(5-2)13(6-7-15-3)11(14)8-10(12)16/h9H,4-8H2,1-3H3,(H2,12,16). The van der Waals surface area contributed by atoms with Crippen LogP contribution in [-0.2, 0) is 9.53 Å². The molecule has 4 nitrogen and oxygen atoms in total. The van der Waals surface area contributed by atoms with Crippen LogP contribution in [0.5, 0.6) is 0 Å². The van der Waals surface area contributed by atoms with Gasteiger partial charge in [0.1, 0.15) is 0 Å². The molecule has 0 radical (unpaired) electrons. The zero-order chi connectivity index (χ0) is 12.6. The van der Waals surface area contributed by atoms with Crippen LogP contribution >= 0.6 is 12.2 Å². The van der Waals surface area contributed by atoms with E-state index in [2.05, 4.69) is 13.8 Å². The third kappa shape index (κ3) is 5.42. The molecule has 2 N–H and O–H groups in total. The summed E-state index contributed by atoms with van der Waals surface area (Å²) in [6.07, 6.45) is 2.02. The lowest BCUT2D eigenvalue weighted by Gasteiger charge is -2.30. The summed E-state index contributed by atoms with van der Waals surface area (Å²) in [7, 11) is 1.63. The van der Waals surface area contributed by atoms with Crippen LogP contribution in [0.1, 0.15) is 33.1 Å². The van der Waals surface area contributed by atoms with Gasteiger partial charge in [0.05, 0.1) is 18.0 Å². The number of ether oxygens (including phenoxy) is 1. The molecule has 0 aliphatic carbocycles. The monoisotopic (exact) mass is 246 g/mol. The highest BCUT2D eigenvalue weighted by Crippen LogP contribution is 2.10. The van der Waals surface area contributed by atoms with Gasteiger partial charge >= 0.3 is 0 Å². The van der Waals surface area contributed by atoms with Gasteiger partial charge in [0, 0.05) is 19.7 Å². The van der Waals surface area contributed by atoms with Crippen molar-refractivity contribution in [2.75, 3.05) is 20.3 Å². The zero-order valence-electron chi connectivity index (χ0n) is 10.4. The molecule has 16 heavy (non-hydrogen) atoms. The van der Waals surface area contributed by atoms with Gasteiger partial charge in [0.25, 0.3) is 0 Å². The molecule has 94 valence electrons. The Morgan fingerprint density at radius 3 is 2.38 bits per heavy atom. The van der Waals surface area contributed by atoms with Crippen LogP contribution in [0.15, 0.2) is 0 Å². The summed E-state index contributed by atoms with van der Waals surface area (Å²) in [6.45, 7) is 5.29. The predicted octanol–water partition coefficient (Wildman–Crippen LogP) is 1.33. The molecule has 0 saturated heterocycles. The van der Waals surface area contributed by atoms with Gasteiger partial charge in [-0.25, -0.2) is 0 Å². The minimum absolute atomic E-state index is 0.00162. The topological polar surface area (TPSA) is 55.6 Å². The van der Waals surface area contributed by atoms with E-state index in [1.54, 1.807) is 7.11 Å². The van der Waals surface area contributed by atoms with Gasteiger partial charge < -0.3 is 15.4 Å². The first-order chi connectivity index (χ1) is 7.56. The number of hydrogen-bond acceptors (Lipinski definition) is 3. The van der Waals surface area contributed by atoms with Gasteiger partial charge in [-0.1, -0.05) is 26.1 Å². The van der Waals surface area contributed by atoms with Crippen LogP contribution in [0.4, 0.5) is 0 Å². The number of carbonyl (C=O) groups is 1. The van der Waals surface area contributed by atoms with Crippen LogP contribution in [-0.4, -0.2) is 42.1 Å². The van der Waals surface area contributed by atoms with Crippen LogP contribution < -0.4 is 5.73 Å². The lowest BCUT2D eigenvalue weighted by Crippen LogP contribution is -2.43. The second-order valence-electron chi connectivity index (χ2n) is 3.69. The average molecular weight is 246 g/mol. The van der Waals surface area contributed by atoms with Gasteiger partial charge in [0.2, 0.25) is 5.91 Å². The number of hydrogen-bond donors (Lipinski definition) is 1. The van der Waals surface area contributed by atoms with E-state index in [-0.39, 0.29) is 23.4 Å². The normalized spacial score (nSPS) is 10.5. The van der Waals surface area contributed by atoms with Crippen molar-refractivity contribution in [2.45, 2.75) is 39.2 Å². The Morgan fingerprint density at radius 1 is 1.44 bits per heavy atom. The molecule has 0 atom stereocenters. The summed E-state index contributed by atoms with van der Waals surface area (Å²) in [4.78, 5) is 14.0. The molecule has 0 rings (SSSR count). The Balaban J connectivity index is 4.50. The first kappa shape index (κ1) is 15.3. The summed E-state index contributed by atoms with van der Waals surface area (Å²) < 4.78 is 5.01. The molecule has 0 aromatic carbocycles. The molecule has 0 fully saturated rings. The molecule has 0 aliphatic heterocycles. The molecule has 0 aromatic rings. The lowest BCUT2D eigenvalue weighted by molar-refractivity contribution is -0.133. The number of nitrogens with zero attached hydrogens (tertiary/aromatic N) is 1. The first-order valence-corrected chi connectivity index (χ1v) is 6.04. The van der Waals surface area contributed by atoms with Crippen LogP contribution in [0.3, 0.4) is 0 Å². The maximum absolute atomic E-state index is 11.9. The number of thiocarbonyl (C=S) groups is 1. The SMILES string of the molecule is CCC(CC)N(CCOC)C(=O)CC(N)=S. The van der Waals surface area contributed by atoms with Crippen LogP contribution in [0, 0.1) is 0 Å². The molecule has 0 spiro atoms. The number of methoxy groups -OCH3 is 1.